The van der Waals surface area contributed by atoms with Gasteiger partial charge in [-0.05, 0) is 54.8 Å². The third-order valence-corrected chi connectivity index (χ3v) is 12.3. The number of nitrogens with one attached hydrogen (secondary N) is 4. The molecule has 0 unspecified atom stereocenters. The minimum absolute atomic E-state index is 0.00517. The third kappa shape index (κ3) is 14.0. The minimum atomic E-state index is -0.989. The predicted octanol–water partition coefficient (Wildman–Crippen LogP) is 5.88. The number of methoxy groups -OCH3 is 1. The summed E-state index contributed by atoms with van der Waals surface area (Å²) in [7, 11) is 3.35. The number of hydrogen-bond donors (Lipinski definition) is 5. The first kappa shape index (κ1) is 51.3. The van der Waals surface area contributed by atoms with Crippen molar-refractivity contribution >= 4 is 74.7 Å². The van der Waals surface area contributed by atoms with Gasteiger partial charge in [0.1, 0.15) is 42.4 Å². The van der Waals surface area contributed by atoms with E-state index in [-0.39, 0.29) is 50.3 Å². The van der Waals surface area contributed by atoms with Crippen molar-refractivity contribution in [2.24, 2.45) is 5.41 Å². The number of hydrogen-bond acceptors (Lipinski definition) is 14. The first-order chi connectivity index (χ1) is 32.5. The van der Waals surface area contributed by atoms with Gasteiger partial charge in [0.2, 0.25) is 23.6 Å². The van der Waals surface area contributed by atoms with E-state index < -0.39 is 47.1 Å². The first-order valence-electron chi connectivity index (χ1n) is 21.9. The standard InChI is InChI=1S/C48H57ClFN9O8S/c1-29-43(68-28-54-29)31-11-9-30(10-12-31)24-51-46(63)39-21-33(60)25-59(39)47(64)44(48(2,3)4)57-42(62)26-67-19-18-66-17-16-58(5)15-7-8-41(61)56-38-22-34-37(23-40(38)65-6)52-27-53-45(34)55-32-13-14-35(49)36(50)20-32/h7-14,20,22-23,27-28,33,39,44,60H,15-19,21,24-26H2,1-6H3,(H,51,63)(H,56,61)(H,57,62)(H,52,53,55)/b8-7+/t33-,39+,44-/m1/s1. The van der Waals surface area contributed by atoms with E-state index in [4.69, 9.17) is 25.8 Å². The molecule has 2 aromatic heterocycles. The van der Waals surface area contributed by atoms with Gasteiger partial charge in [0, 0.05) is 55.8 Å². The number of ether oxygens (including phenoxy) is 3. The van der Waals surface area contributed by atoms with Crippen molar-refractivity contribution in [3.05, 3.63) is 101 Å². The molecule has 3 atom stereocenters. The molecular weight excluding hydrogens is 917 g/mol. The smallest absolute Gasteiger partial charge is 0.248 e. The first-order valence-corrected chi connectivity index (χ1v) is 23.2. The van der Waals surface area contributed by atoms with Gasteiger partial charge >= 0.3 is 0 Å². The number of aliphatic hydroxyl groups excluding tert-OH is 1. The highest BCUT2D eigenvalue weighted by atomic mass is 35.5. The molecule has 1 aliphatic rings. The number of rotatable bonds is 21. The second-order valence-electron chi connectivity index (χ2n) is 17.3. The highest BCUT2D eigenvalue weighted by Gasteiger charge is 2.44. The molecule has 17 nitrogen and oxygen atoms in total. The third-order valence-electron chi connectivity index (χ3n) is 11.0. The van der Waals surface area contributed by atoms with Crippen molar-refractivity contribution in [3.63, 3.8) is 0 Å². The van der Waals surface area contributed by atoms with Crippen LogP contribution in [-0.4, -0.2) is 132 Å². The number of amides is 4. The number of nitrogens with zero attached hydrogens (tertiary/aromatic N) is 5. The van der Waals surface area contributed by atoms with E-state index in [9.17, 15) is 28.7 Å². The summed E-state index contributed by atoms with van der Waals surface area (Å²) >= 11 is 7.39. The Hall–Kier alpha value is -6.09. The number of thiazole rings is 1. The average molecular weight is 975 g/mol. The Bertz CT molecular complexity index is 2590. The molecule has 4 amide bonds. The van der Waals surface area contributed by atoms with Crippen LogP contribution in [0.5, 0.6) is 5.75 Å². The number of aryl methyl sites for hydroxylation is 1. The van der Waals surface area contributed by atoms with Gasteiger partial charge in [0.25, 0.3) is 0 Å². The van der Waals surface area contributed by atoms with Crippen LogP contribution in [0.1, 0.15) is 38.4 Å². The molecule has 3 aromatic carbocycles. The lowest BCUT2D eigenvalue weighted by Gasteiger charge is -2.35. The molecule has 0 radical (unpaired) electrons. The molecule has 20 heteroatoms. The lowest BCUT2D eigenvalue weighted by atomic mass is 9.85. The highest BCUT2D eigenvalue weighted by Crippen LogP contribution is 2.34. The lowest BCUT2D eigenvalue weighted by Crippen LogP contribution is -2.58. The van der Waals surface area contributed by atoms with E-state index in [2.05, 4.69) is 36.2 Å². The molecule has 1 fully saturated rings. The van der Waals surface area contributed by atoms with Gasteiger partial charge in [0.15, 0.2) is 0 Å². The Labute approximate surface area is 403 Å². The number of β-amino-alcohol motifs (C(OH)–C–C–N with tert-alkyl or cyclic N) is 1. The summed E-state index contributed by atoms with van der Waals surface area (Å²) in [5.41, 5.74) is 5.31. The normalized spacial score (nSPS) is 15.5. The number of fused-ring (bicyclic) bond motifs is 1. The number of likely N-dealkylation sites (N-methyl/N-ethyl adjacent to an activating group) is 1. The van der Waals surface area contributed by atoms with Gasteiger partial charge in [-0.3, -0.25) is 19.2 Å². The fourth-order valence-electron chi connectivity index (χ4n) is 7.35. The SMILES string of the molecule is COc1cc2ncnc(Nc3ccc(Cl)c(F)c3)c2cc1NC(=O)/C=C/CN(C)CCOCCOCC(=O)N[C@H](C(=O)N1C[C@H](O)C[C@H]1C(=O)NCc1ccc(-c2scnc2C)cc1)C(C)(C)C. The summed E-state index contributed by atoms with van der Waals surface area (Å²) in [6, 6.07) is 13.6. The van der Waals surface area contributed by atoms with E-state index in [0.29, 0.717) is 53.5 Å². The van der Waals surface area contributed by atoms with Crippen molar-refractivity contribution in [1.29, 1.82) is 0 Å². The fraction of sp³-hybridized carbons (Fsp3) is 0.396. The van der Waals surface area contributed by atoms with Gasteiger partial charge in [-0.15, -0.1) is 11.3 Å². The molecule has 1 saturated heterocycles. The number of aromatic nitrogens is 3. The van der Waals surface area contributed by atoms with Crippen LogP contribution in [0.4, 0.5) is 21.6 Å². The zero-order valence-electron chi connectivity index (χ0n) is 38.8. The van der Waals surface area contributed by atoms with Crippen LogP contribution in [0.25, 0.3) is 21.3 Å². The number of carbonyl (C=O) groups is 4. The van der Waals surface area contributed by atoms with E-state index in [0.717, 1.165) is 21.7 Å². The van der Waals surface area contributed by atoms with Crippen LogP contribution in [0.3, 0.4) is 0 Å². The molecule has 362 valence electrons. The predicted molar refractivity (Wildman–Crippen MR) is 259 cm³/mol. The average Bonchev–Trinajstić information content (AvgIpc) is 3.92. The van der Waals surface area contributed by atoms with Gasteiger partial charge in [0.05, 0.1) is 65.3 Å². The van der Waals surface area contributed by atoms with Crippen LogP contribution in [-0.2, 0) is 35.2 Å². The van der Waals surface area contributed by atoms with Crippen molar-refractivity contribution in [1.82, 2.24) is 35.4 Å². The summed E-state index contributed by atoms with van der Waals surface area (Å²) in [5.74, 6) is -1.56. The molecule has 6 rings (SSSR count). The summed E-state index contributed by atoms with van der Waals surface area (Å²) in [5, 5.41) is 22.7. The fourth-order valence-corrected chi connectivity index (χ4v) is 8.28. The summed E-state index contributed by atoms with van der Waals surface area (Å²) in [6.07, 6.45) is 3.67. The minimum Gasteiger partial charge on any atom is -0.494 e. The van der Waals surface area contributed by atoms with Crippen molar-refractivity contribution in [2.45, 2.75) is 58.8 Å². The summed E-state index contributed by atoms with van der Waals surface area (Å²) in [4.78, 5) is 70.6. The monoisotopic (exact) mass is 973 g/mol. The van der Waals surface area contributed by atoms with E-state index in [1.54, 1.807) is 41.1 Å². The zero-order chi connectivity index (χ0) is 49.0. The Balaban J connectivity index is 0.892. The maximum Gasteiger partial charge on any atom is 0.248 e. The topological polar surface area (TPSA) is 209 Å². The maximum atomic E-state index is 14.1. The number of likely N-dealkylation sites (tertiary alicyclic amines) is 1. The summed E-state index contributed by atoms with van der Waals surface area (Å²) in [6.45, 7) is 8.98. The van der Waals surface area contributed by atoms with Crippen LogP contribution in [0.15, 0.2) is 78.6 Å². The maximum absolute atomic E-state index is 14.1. The van der Waals surface area contributed by atoms with Crippen LogP contribution >= 0.6 is 22.9 Å². The second-order valence-corrected chi connectivity index (χ2v) is 18.6. The number of anilines is 3. The molecule has 5 N–H and O–H groups in total. The molecule has 5 aromatic rings. The largest absolute Gasteiger partial charge is 0.494 e. The van der Waals surface area contributed by atoms with E-state index in [1.165, 1.54) is 36.5 Å². The molecule has 1 aliphatic heterocycles. The quantitative estimate of drug-likeness (QED) is 0.0431. The van der Waals surface area contributed by atoms with Crippen molar-refractivity contribution < 1.29 is 42.9 Å². The Kier molecular flexibility index (Phi) is 17.9. The van der Waals surface area contributed by atoms with Gasteiger partial charge in [-0.25, -0.2) is 19.3 Å². The van der Waals surface area contributed by atoms with E-state index >= 15 is 0 Å². The van der Waals surface area contributed by atoms with Crippen molar-refractivity contribution in [2.75, 3.05) is 70.9 Å². The highest BCUT2D eigenvalue weighted by molar-refractivity contribution is 7.13. The molecule has 0 aliphatic carbocycles. The number of carbonyl (C=O) groups excluding carboxylic acids is 4. The molecular formula is C48H57ClFN9O8S. The van der Waals surface area contributed by atoms with Gasteiger partial charge in [-0.2, -0.15) is 0 Å². The van der Waals surface area contributed by atoms with E-state index in [1.807, 2.05) is 63.9 Å². The Morgan fingerprint density at radius 3 is 2.51 bits per heavy atom. The number of halogens is 2. The van der Waals surface area contributed by atoms with Gasteiger partial charge in [-0.1, -0.05) is 62.7 Å². The van der Waals surface area contributed by atoms with Crippen molar-refractivity contribution in [3.8, 4) is 16.2 Å². The molecule has 0 bridgehead atoms. The summed E-state index contributed by atoms with van der Waals surface area (Å²) < 4.78 is 30.8. The number of benzene rings is 3. The molecule has 0 saturated carbocycles. The molecule has 68 heavy (non-hydrogen) atoms. The molecule has 0 spiro atoms. The van der Waals surface area contributed by atoms with Crippen LogP contribution < -0.4 is 26.0 Å². The van der Waals surface area contributed by atoms with Gasteiger partial charge < -0.3 is 50.4 Å². The number of aliphatic hydroxyl groups is 1. The van der Waals surface area contributed by atoms with Crippen LogP contribution in [0, 0.1) is 18.2 Å². The van der Waals surface area contributed by atoms with Crippen LogP contribution in [0.2, 0.25) is 5.02 Å². The second kappa shape index (κ2) is 23.8. The Morgan fingerprint density at radius 2 is 1.81 bits per heavy atom. The lowest BCUT2D eigenvalue weighted by molar-refractivity contribution is -0.144. The Morgan fingerprint density at radius 1 is 1.04 bits per heavy atom. The zero-order valence-corrected chi connectivity index (χ0v) is 40.4. The molecule has 3 heterocycles.